The van der Waals surface area contributed by atoms with Crippen LogP contribution in [0.25, 0.3) is 53.6 Å². The van der Waals surface area contributed by atoms with Crippen molar-refractivity contribution in [3.8, 4) is 32.0 Å². The molecule has 0 bridgehead atoms. The van der Waals surface area contributed by atoms with Gasteiger partial charge in [0.2, 0.25) is 0 Å². The van der Waals surface area contributed by atoms with Gasteiger partial charge >= 0.3 is 0 Å². The van der Waals surface area contributed by atoms with E-state index in [-0.39, 0.29) is 0 Å². The highest BCUT2D eigenvalue weighted by atomic mass is 32.1. The first-order valence-electron chi connectivity index (χ1n) is 10.5. The van der Waals surface area contributed by atoms with Gasteiger partial charge in [0.25, 0.3) is 0 Å². The molecule has 0 radical (unpaired) electrons. The summed E-state index contributed by atoms with van der Waals surface area (Å²) in [5.74, 6) is 0. The number of rotatable bonds is 3. The lowest BCUT2D eigenvalue weighted by Gasteiger charge is -2.09. The molecule has 0 aliphatic rings. The summed E-state index contributed by atoms with van der Waals surface area (Å²) in [5, 5.41) is 5.20. The van der Waals surface area contributed by atoms with Gasteiger partial charge in [0.1, 0.15) is 0 Å². The smallest absolute Gasteiger partial charge is 0.0434 e. The molecular weight excluding hydrogens is 392 g/mol. The van der Waals surface area contributed by atoms with Gasteiger partial charge in [0.15, 0.2) is 0 Å². The van der Waals surface area contributed by atoms with Gasteiger partial charge in [-0.1, -0.05) is 115 Å². The van der Waals surface area contributed by atoms with Crippen LogP contribution in [-0.2, 0) is 0 Å². The summed E-state index contributed by atoms with van der Waals surface area (Å²) < 4.78 is 0. The minimum atomic E-state index is 1.25. The van der Waals surface area contributed by atoms with E-state index in [1.807, 2.05) is 11.3 Å². The molecule has 0 saturated heterocycles. The van der Waals surface area contributed by atoms with E-state index in [2.05, 4.69) is 121 Å². The molecule has 0 nitrogen and oxygen atoms in total. The lowest BCUT2D eigenvalue weighted by Crippen LogP contribution is -1.82. The Hall–Kier alpha value is -3.68. The molecule has 1 heteroatoms. The quantitative estimate of drug-likeness (QED) is 0.272. The van der Waals surface area contributed by atoms with Gasteiger partial charge in [-0.25, -0.2) is 0 Å². The van der Waals surface area contributed by atoms with Gasteiger partial charge in [0, 0.05) is 26.1 Å². The van der Waals surface area contributed by atoms with Crippen molar-refractivity contribution in [3.63, 3.8) is 0 Å². The van der Waals surface area contributed by atoms with Gasteiger partial charge in [-0.2, -0.15) is 0 Å². The normalized spacial score (nSPS) is 11.2. The van der Waals surface area contributed by atoms with Crippen LogP contribution >= 0.6 is 11.3 Å². The Kier molecular flexibility index (Phi) is 4.40. The maximum atomic E-state index is 2.32. The molecule has 1 heterocycles. The van der Waals surface area contributed by atoms with Crippen LogP contribution in [0.15, 0.2) is 121 Å². The summed E-state index contributed by atoms with van der Waals surface area (Å²) >= 11 is 1.90. The van der Waals surface area contributed by atoms with Crippen molar-refractivity contribution in [2.75, 3.05) is 0 Å². The molecule has 0 atom stereocenters. The standard InChI is InChI=1S/C30H20S/c1-2-11-22(12-3-1)25-14-6-7-15-26(25)30-28-17-9-8-16-27(28)29(31-30)24-19-18-21-10-4-5-13-23(21)20-24/h1-20H. The maximum absolute atomic E-state index is 2.32. The molecule has 31 heavy (non-hydrogen) atoms. The first-order valence-corrected chi connectivity index (χ1v) is 11.4. The monoisotopic (exact) mass is 412 g/mol. The predicted octanol–water partition coefficient (Wildman–Crippen LogP) is 9.06. The molecule has 5 aromatic carbocycles. The second-order valence-corrected chi connectivity index (χ2v) is 8.80. The SMILES string of the molecule is c1ccc(-c2ccccc2-c2sc(-c3ccc4ccccc4c3)c3ccccc23)cc1. The van der Waals surface area contributed by atoms with Gasteiger partial charge < -0.3 is 0 Å². The fraction of sp³-hybridized carbons (Fsp3) is 0. The van der Waals surface area contributed by atoms with Crippen molar-refractivity contribution in [1.29, 1.82) is 0 Å². The minimum Gasteiger partial charge on any atom is -0.134 e. The van der Waals surface area contributed by atoms with E-state index in [9.17, 15) is 0 Å². The van der Waals surface area contributed by atoms with Crippen molar-refractivity contribution < 1.29 is 0 Å². The van der Waals surface area contributed by atoms with E-state index in [1.54, 1.807) is 0 Å². The highest BCUT2D eigenvalue weighted by Gasteiger charge is 2.17. The number of benzene rings is 5. The largest absolute Gasteiger partial charge is 0.134 e. The Balaban J connectivity index is 1.60. The van der Waals surface area contributed by atoms with Gasteiger partial charge in [0.05, 0.1) is 0 Å². The predicted molar refractivity (Wildman–Crippen MR) is 136 cm³/mol. The summed E-state index contributed by atoms with van der Waals surface area (Å²) in [6, 6.07) is 43.6. The lowest BCUT2D eigenvalue weighted by atomic mass is 9.96. The van der Waals surface area contributed by atoms with E-state index in [1.165, 1.54) is 53.6 Å². The van der Waals surface area contributed by atoms with Crippen molar-refractivity contribution >= 4 is 32.9 Å². The van der Waals surface area contributed by atoms with Gasteiger partial charge in [-0.05, 0) is 33.5 Å². The van der Waals surface area contributed by atoms with E-state index in [0.29, 0.717) is 0 Å². The summed E-state index contributed by atoms with van der Waals surface area (Å²) in [6.45, 7) is 0. The van der Waals surface area contributed by atoms with Crippen LogP contribution in [0.3, 0.4) is 0 Å². The summed E-state index contributed by atoms with van der Waals surface area (Å²) in [7, 11) is 0. The van der Waals surface area contributed by atoms with E-state index in [4.69, 9.17) is 0 Å². The summed E-state index contributed by atoms with van der Waals surface area (Å²) in [4.78, 5) is 2.66. The molecule has 0 amide bonds. The molecular formula is C30H20S. The highest BCUT2D eigenvalue weighted by Crippen LogP contribution is 2.46. The van der Waals surface area contributed by atoms with Crippen LogP contribution < -0.4 is 0 Å². The summed E-state index contributed by atoms with van der Waals surface area (Å²) in [6.07, 6.45) is 0. The van der Waals surface area contributed by atoms with Crippen molar-refractivity contribution in [3.05, 3.63) is 121 Å². The number of hydrogen-bond acceptors (Lipinski definition) is 1. The Labute approximate surface area is 186 Å². The molecule has 0 fully saturated rings. The zero-order valence-electron chi connectivity index (χ0n) is 17.0. The Morgan fingerprint density at radius 2 is 1.00 bits per heavy atom. The number of fused-ring (bicyclic) bond motifs is 2. The van der Waals surface area contributed by atoms with Crippen LogP contribution in [-0.4, -0.2) is 0 Å². The topological polar surface area (TPSA) is 0 Å². The zero-order chi connectivity index (χ0) is 20.6. The number of thiophene rings is 1. The van der Waals surface area contributed by atoms with E-state index < -0.39 is 0 Å². The molecule has 0 N–H and O–H groups in total. The average molecular weight is 413 g/mol. The molecule has 0 saturated carbocycles. The molecule has 6 rings (SSSR count). The Bertz CT molecular complexity index is 1520. The molecule has 1 aromatic heterocycles. The van der Waals surface area contributed by atoms with Crippen LogP contribution in [0.5, 0.6) is 0 Å². The fourth-order valence-corrected chi connectivity index (χ4v) is 5.70. The van der Waals surface area contributed by atoms with Crippen LogP contribution in [0.2, 0.25) is 0 Å². The number of hydrogen-bond donors (Lipinski definition) is 0. The van der Waals surface area contributed by atoms with Crippen molar-refractivity contribution in [2.45, 2.75) is 0 Å². The second kappa shape index (κ2) is 7.54. The maximum Gasteiger partial charge on any atom is 0.0434 e. The van der Waals surface area contributed by atoms with Crippen LogP contribution in [0.1, 0.15) is 0 Å². The van der Waals surface area contributed by atoms with Gasteiger partial charge in [-0.3, -0.25) is 0 Å². The molecule has 146 valence electrons. The third kappa shape index (κ3) is 3.15. The van der Waals surface area contributed by atoms with Crippen LogP contribution in [0.4, 0.5) is 0 Å². The first kappa shape index (κ1) is 18.1. The highest BCUT2D eigenvalue weighted by molar-refractivity contribution is 7.21. The van der Waals surface area contributed by atoms with Gasteiger partial charge in [-0.15, -0.1) is 11.3 Å². The van der Waals surface area contributed by atoms with Crippen molar-refractivity contribution in [1.82, 2.24) is 0 Å². The fourth-order valence-electron chi connectivity index (χ4n) is 4.39. The third-order valence-electron chi connectivity index (χ3n) is 5.89. The minimum absolute atomic E-state index is 1.25. The van der Waals surface area contributed by atoms with Crippen molar-refractivity contribution in [2.24, 2.45) is 0 Å². The zero-order valence-corrected chi connectivity index (χ0v) is 17.8. The molecule has 0 spiro atoms. The average Bonchev–Trinajstić information content (AvgIpc) is 3.24. The molecule has 0 unspecified atom stereocenters. The Morgan fingerprint density at radius 1 is 0.387 bits per heavy atom. The van der Waals surface area contributed by atoms with Crippen LogP contribution in [0, 0.1) is 0 Å². The second-order valence-electron chi connectivity index (χ2n) is 7.78. The lowest BCUT2D eigenvalue weighted by molar-refractivity contribution is 1.62. The molecule has 6 aromatic rings. The first-order chi connectivity index (χ1) is 15.4. The van der Waals surface area contributed by atoms with E-state index in [0.717, 1.165) is 0 Å². The third-order valence-corrected chi connectivity index (χ3v) is 7.19. The summed E-state index contributed by atoms with van der Waals surface area (Å²) in [5.41, 5.74) is 5.10. The Morgan fingerprint density at radius 3 is 1.81 bits per heavy atom. The molecule has 0 aliphatic heterocycles. The molecule has 0 aliphatic carbocycles. The van der Waals surface area contributed by atoms with E-state index >= 15 is 0 Å².